The van der Waals surface area contributed by atoms with E-state index in [-0.39, 0.29) is 6.04 Å². The third kappa shape index (κ3) is 2.96. The fourth-order valence-electron chi connectivity index (χ4n) is 1.39. The predicted molar refractivity (Wildman–Crippen MR) is 60.2 cm³/mol. The molecular weight excluding hydrogens is 172 g/mol. The molecule has 1 aromatic heterocycles. The first-order valence-electron chi connectivity index (χ1n) is 5.05. The van der Waals surface area contributed by atoms with Gasteiger partial charge in [0.1, 0.15) is 0 Å². The number of aryl methyl sites for hydroxylation is 1. The van der Waals surface area contributed by atoms with Gasteiger partial charge >= 0.3 is 0 Å². The minimum Gasteiger partial charge on any atom is -0.307 e. The average molecular weight is 190 g/mol. The molecule has 0 saturated heterocycles. The van der Waals surface area contributed by atoms with Crippen molar-refractivity contribution in [3.8, 4) is 0 Å². The highest BCUT2D eigenvalue weighted by molar-refractivity contribution is 5.23. The van der Waals surface area contributed by atoms with Crippen molar-refractivity contribution in [1.29, 1.82) is 0 Å². The van der Waals surface area contributed by atoms with Crippen molar-refractivity contribution in [2.24, 2.45) is 0 Å². The maximum atomic E-state index is 4.17. The Balaban J connectivity index is 2.73. The molecule has 1 heterocycles. The lowest BCUT2D eigenvalue weighted by Crippen LogP contribution is -2.20. The van der Waals surface area contributed by atoms with E-state index in [4.69, 9.17) is 0 Å². The van der Waals surface area contributed by atoms with Gasteiger partial charge in [-0.25, -0.2) is 0 Å². The van der Waals surface area contributed by atoms with E-state index < -0.39 is 0 Å². The molecule has 1 N–H and O–H groups in total. The fraction of sp³-hybridized carbons (Fsp3) is 0.417. The van der Waals surface area contributed by atoms with Crippen LogP contribution in [0.1, 0.15) is 30.5 Å². The summed E-state index contributed by atoms with van der Waals surface area (Å²) in [6, 6.07) is 2.37. The number of nitrogens with one attached hydrogen (secondary N) is 1. The van der Waals surface area contributed by atoms with E-state index >= 15 is 0 Å². The average Bonchev–Trinajstić information content (AvgIpc) is 2.19. The molecule has 76 valence electrons. The highest BCUT2D eigenvalue weighted by atomic mass is 14.9. The summed E-state index contributed by atoms with van der Waals surface area (Å²) in [6.07, 6.45) is 6.81. The summed E-state index contributed by atoms with van der Waals surface area (Å²) in [7, 11) is 0. The molecule has 1 unspecified atom stereocenters. The molecule has 2 heteroatoms. The van der Waals surface area contributed by atoms with Crippen LogP contribution in [0.15, 0.2) is 31.1 Å². The summed E-state index contributed by atoms with van der Waals surface area (Å²) in [5.41, 5.74) is 2.38. The normalized spacial score (nSPS) is 12.4. The molecule has 14 heavy (non-hydrogen) atoms. The molecular formula is C12H18N2. The Morgan fingerprint density at radius 2 is 2.36 bits per heavy atom. The monoisotopic (exact) mass is 190 g/mol. The van der Waals surface area contributed by atoms with Crippen molar-refractivity contribution in [1.82, 2.24) is 10.3 Å². The SMILES string of the molecule is C=CC(NCCC)c1cncc(C)c1. The van der Waals surface area contributed by atoms with E-state index in [1.165, 1.54) is 11.1 Å². The van der Waals surface area contributed by atoms with Gasteiger partial charge in [-0.3, -0.25) is 4.98 Å². The Morgan fingerprint density at radius 3 is 2.93 bits per heavy atom. The van der Waals surface area contributed by atoms with Crippen molar-refractivity contribution < 1.29 is 0 Å². The van der Waals surface area contributed by atoms with Crippen LogP contribution in [0, 0.1) is 6.92 Å². The highest BCUT2D eigenvalue weighted by Gasteiger charge is 2.05. The molecule has 0 fully saturated rings. The lowest BCUT2D eigenvalue weighted by molar-refractivity contribution is 0.611. The molecule has 1 aromatic rings. The molecule has 1 atom stereocenters. The second kappa shape index (κ2) is 5.55. The topological polar surface area (TPSA) is 24.9 Å². The smallest absolute Gasteiger partial charge is 0.0519 e. The van der Waals surface area contributed by atoms with Gasteiger partial charge in [0.25, 0.3) is 0 Å². The largest absolute Gasteiger partial charge is 0.307 e. The van der Waals surface area contributed by atoms with Gasteiger partial charge in [0.05, 0.1) is 6.04 Å². The molecule has 2 nitrogen and oxygen atoms in total. The standard InChI is InChI=1S/C12H18N2/c1-4-6-14-12(5-2)11-7-10(3)8-13-9-11/h5,7-9,12,14H,2,4,6H2,1,3H3. The Bertz CT molecular complexity index is 294. The Kier molecular flexibility index (Phi) is 4.33. The zero-order valence-corrected chi connectivity index (χ0v) is 8.96. The minimum atomic E-state index is 0.224. The molecule has 0 spiro atoms. The van der Waals surface area contributed by atoms with E-state index in [9.17, 15) is 0 Å². The lowest BCUT2D eigenvalue weighted by Gasteiger charge is -2.14. The van der Waals surface area contributed by atoms with Crippen LogP contribution >= 0.6 is 0 Å². The number of nitrogens with zero attached hydrogens (tertiary/aromatic N) is 1. The summed E-state index contributed by atoms with van der Waals surface area (Å²) < 4.78 is 0. The summed E-state index contributed by atoms with van der Waals surface area (Å²) >= 11 is 0. The first-order valence-corrected chi connectivity index (χ1v) is 5.05. The van der Waals surface area contributed by atoms with Crippen molar-refractivity contribution >= 4 is 0 Å². The first-order chi connectivity index (χ1) is 6.77. The zero-order chi connectivity index (χ0) is 10.4. The van der Waals surface area contributed by atoms with Crippen molar-refractivity contribution in [2.75, 3.05) is 6.54 Å². The number of hydrogen-bond acceptors (Lipinski definition) is 2. The second-order valence-corrected chi connectivity index (χ2v) is 3.46. The van der Waals surface area contributed by atoms with E-state index in [1.54, 1.807) is 0 Å². The number of pyridine rings is 1. The number of rotatable bonds is 5. The second-order valence-electron chi connectivity index (χ2n) is 3.46. The summed E-state index contributed by atoms with van der Waals surface area (Å²) in [5, 5.41) is 3.40. The number of hydrogen-bond donors (Lipinski definition) is 1. The Morgan fingerprint density at radius 1 is 1.57 bits per heavy atom. The molecule has 0 amide bonds. The van der Waals surface area contributed by atoms with Gasteiger partial charge in [-0.1, -0.05) is 19.1 Å². The van der Waals surface area contributed by atoms with E-state index in [0.717, 1.165) is 13.0 Å². The Labute approximate surface area is 86.1 Å². The maximum absolute atomic E-state index is 4.17. The van der Waals surface area contributed by atoms with Crippen LogP contribution in [0.2, 0.25) is 0 Å². The minimum absolute atomic E-state index is 0.224. The molecule has 0 saturated carbocycles. The van der Waals surface area contributed by atoms with Crippen molar-refractivity contribution in [3.05, 3.63) is 42.2 Å². The summed E-state index contributed by atoms with van der Waals surface area (Å²) in [4.78, 5) is 4.17. The van der Waals surface area contributed by atoms with E-state index in [1.807, 2.05) is 18.5 Å². The molecule has 0 aromatic carbocycles. The van der Waals surface area contributed by atoms with Gasteiger partial charge in [-0.05, 0) is 31.0 Å². The van der Waals surface area contributed by atoms with Gasteiger partial charge in [0, 0.05) is 12.4 Å². The first kappa shape index (κ1) is 10.9. The molecule has 0 bridgehead atoms. The third-order valence-corrected chi connectivity index (χ3v) is 2.11. The van der Waals surface area contributed by atoms with E-state index in [0.29, 0.717) is 0 Å². The lowest BCUT2D eigenvalue weighted by atomic mass is 10.1. The van der Waals surface area contributed by atoms with Crippen LogP contribution in [0.3, 0.4) is 0 Å². The quantitative estimate of drug-likeness (QED) is 0.722. The van der Waals surface area contributed by atoms with Gasteiger partial charge in [-0.2, -0.15) is 0 Å². The highest BCUT2D eigenvalue weighted by Crippen LogP contribution is 2.13. The maximum Gasteiger partial charge on any atom is 0.0519 e. The third-order valence-electron chi connectivity index (χ3n) is 2.11. The van der Waals surface area contributed by atoms with Crippen molar-refractivity contribution in [2.45, 2.75) is 26.3 Å². The van der Waals surface area contributed by atoms with Gasteiger partial charge < -0.3 is 5.32 Å². The van der Waals surface area contributed by atoms with E-state index in [2.05, 4.69) is 36.8 Å². The fourth-order valence-corrected chi connectivity index (χ4v) is 1.39. The zero-order valence-electron chi connectivity index (χ0n) is 8.96. The molecule has 0 aliphatic rings. The van der Waals surface area contributed by atoms with Crippen LogP contribution < -0.4 is 5.32 Å². The number of aromatic nitrogens is 1. The van der Waals surface area contributed by atoms with Crippen LogP contribution in [0.5, 0.6) is 0 Å². The molecule has 0 aliphatic heterocycles. The summed E-state index contributed by atoms with van der Waals surface area (Å²) in [5.74, 6) is 0. The van der Waals surface area contributed by atoms with Gasteiger partial charge in [0.15, 0.2) is 0 Å². The predicted octanol–water partition coefficient (Wildman–Crippen LogP) is 2.62. The van der Waals surface area contributed by atoms with Gasteiger partial charge in [-0.15, -0.1) is 6.58 Å². The molecule has 0 aliphatic carbocycles. The molecule has 0 radical (unpaired) electrons. The van der Waals surface area contributed by atoms with Crippen LogP contribution in [-0.4, -0.2) is 11.5 Å². The molecule has 1 rings (SSSR count). The Hall–Kier alpha value is -1.15. The van der Waals surface area contributed by atoms with Gasteiger partial charge in [0.2, 0.25) is 0 Å². The van der Waals surface area contributed by atoms with Crippen LogP contribution in [0.4, 0.5) is 0 Å². The van der Waals surface area contributed by atoms with Crippen LogP contribution in [-0.2, 0) is 0 Å². The van der Waals surface area contributed by atoms with Crippen LogP contribution in [0.25, 0.3) is 0 Å². The van der Waals surface area contributed by atoms with Crippen molar-refractivity contribution in [3.63, 3.8) is 0 Å². The summed E-state index contributed by atoms with van der Waals surface area (Å²) in [6.45, 7) is 9.04.